The summed E-state index contributed by atoms with van der Waals surface area (Å²) >= 11 is 1.55. The third kappa shape index (κ3) is 2.97. The topological polar surface area (TPSA) is 48.4 Å². The van der Waals surface area contributed by atoms with Crippen LogP contribution in [0.25, 0.3) is 0 Å². The molecule has 0 spiro atoms. The normalized spacial score (nSPS) is 11.1. The molecule has 0 radical (unpaired) electrons. The van der Waals surface area contributed by atoms with Crippen molar-refractivity contribution in [2.24, 2.45) is 0 Å². The second-order valence-electron chi connectivity index (χ2n) is 2.53. The van der Waals surface area contributed by atoms with Crippen LogP contribution < -0.4 is 9.47 Å². The van der Waals surface area contributed by atoms with Gasteiger partial charge in [-0.05, 0) is 22.6 Å². The van der Waals surface area contributed by atoms with Gasteiger partial charge in [-0.1, -0.05) is 0 Å². The molecule has 8 heteroatoms. The molecule has 0 fully saturated rings. The van der Waals surface area contributed by atoms with Gasteiger partial charge in [0.2, 0.25) is 5.88 Å². The zero-order valence-electron chi connectivity index (χ0n) is 7.84. The molecule has 0 aromatic carbocycles. The van der Waals surface area contributed by atoms with Crippen molar-refractivity contribution in [2.45, 2.75) is 6.36 Å². The van der Waals surface area contributed by atoms with Crippen LogP contribution in [0.4, 0.5) is 13.2 Å². The summed E-state index contributed by atoms with van der Waals surface area (Å²) in [6, 6.07) is 0. The van der Waals surface area contributed by atoms with Gasteiger partial charge >= 0.3 is 6.36 Å². The average molecular weight is 347 g/mol. The second kappa shape index (κ2) is 4.85. The summed E-state index contributed by atoms with van der Waals surface area (Å²) in [5.41, 5.74) is -0.0788. The predicted molar refractivity (Wildman–Crippen MR) is 55.6 cm³/mol. The standard InChI is InChI=1S/C8H5F3INO3/c1-15-7-4(3-14)6(12)5(2-13-7)16-8(9,10)11/h2-3H,1H3. The van der Waals surface area contributed by atoms with Crippen molar-refractivity contribution in [1.82, 2.24) is 4.98 Å². The molecule has 0 atom stereocenters. The maximum absolute atomic E-state index is 12.0. The summed E-state index contributed by atoms with van der Waals surface area (Å²) in [5, 5.41) is 0. The number of ether oxygens (including phenoxy) is 2. The molecular weight excluding hydrogens is 342 g/mol. The van der Waals surface area contributed by atoms with E-state index in [0.29, 0.717) is 6.29 Å². The summed E-state index contributed by atoms with van der Waals surface area (Å²) in [6.07, 6.45) is -3.62. The molecule has 1 aromatic heterocycles. The van der Waals surface area contributed by atoms with Crippen molar-refractivity contribution >= 4 is 28.9 Å². The summed E-state index contributed by atoms with van der Waals surface area (Å²) in [5.74, 6) is -0.579. The highest BCUT2D eigenvalue weighted by molar-refractivity contribution is 14.1. The number of hydrogen-bond acceptors (Lipinski definition) is 4. The molecule has 0 saturated carbocycles. The minimum Gasteiger partial charge on any atom is -0.480 e. The van der Waals surface area contributed by atoms with Gasteiger partial charge in [-0.15, -0.1) is 13.2 Å². The number of aromatic nitrogens is 1. The highest BCUT2D eigenvalue weighted by Crippen LogP contribution is 2.31. The first-order chi connectivity index (χ1) is 7.39. The van der Waals surface area contributed by atoms with Crippen LogP contribution in [0.5, 0.6) is 11.6 Å². The minimum atomic E-state index is -4.82. The van der Waals surface area contributed by atoms with E-state index in [1.807, 2.05) is 0 Å². The van der Waals surface area contributed by atoms with Crippen LogP contribution in [0.3, 0.4) is 0 Å². The maximum atomic E-state index is 12.0. The van der Waals surface area contributed by atoms with E-state index in [1.165, 1.54) is 7.11 Å². The number of alkyl halides is 3. The van der Waals surface area contributed by atoms with Crippen molar-refractivity contribution in [3.8, 4) is 11.6 Å². The van der Waals surface area contributed by atoms with Crippen molar-refractivity contribution in [3.05, 3.63) is 15.3 Å². The molecule has 88 valence electrons. The lowest BCUT2D eigenvalue weighted by atomic mass is 10.3. The van der Waals surface area contributed by atoms with Gasteiger partial charge in [-0.25, -0.2) is 4.98 Å². The third-order valence-corrected chi connectivity index (χ3v) is 2.63. The summed E-state index contributed by atoms with van der Waals surface area (Å²) < 4.78 is 44.3. The molecule has 16 heavy (non-hydrogen) atoms. The molecular formula is C8H5F3INO3. The molecule has 0 aliphatic carbocycles. The Labute approximate surface area is 102 Å². The van der Waals surface area contributed by atoms with Crippen molar-refractivity contribution in [3.63, 3.8) is 0 Å². The summed E-state index contributed by atoms with van der Waals surface area (Å²) in [4.78, 5) is 14.2. The molecule has 1 rings (SSSR count). The minimum absolute atomic E-state index is 0.00299. The number of rotatable bonds is 3. The summed E-state index contributed by atoms with van der Waals surface area (Å²) in [6.45, 7) is 0. The molecule has 0 unspecified atom stereocenters. The SMILES string of the molecule is COc1ncc(OC(F)(F)F)c(I)c1C=O. The monoisotopic (exact) mass is 347 g/mol. The molecule has 1 aromatic rings. The highest BCUT2D eigenvalue weighted by Gasteiger charge is 2.33. The molecule has 0 saturated heterocycles. The number of halogens is 4. The highest BCUT2D eigenvalue weighted by atomic mass is 127. The van der Waals surface area contributed by atoms with Gasteiger partial charge in [-0.3, -0.25) is 4.79 Å². The van der Waals surface area contributed by atoms with E-state index in [2.05, 4.69) is 9.72 Å². The predicted octanol–water partition coefficient (Wildman–Crippen LogP) is 2.41. The first-order valence-corrected chi connectivity index (χ1v) is 4.90. The van der Waals surface area contributed by atoms with Crippen LogP contribution in [0, 0.1) is 3.57 Å². The molecule has 0 bridgehead atoms. The van der Waals surface area contributed by atoms with E-state index in [4.69, 9.17) is 4.74 Å². The Hall–Kier alpha value is -1.06. The van der Waals surface area contributed by atoms with Gasteiger partial charge < -0.3 is 9.47 Å². The Kier molecular flexibility index (Phi) is 3.94. The van der Waals surface area contributed by atoms with Crippen LogP contribution in [0.2, 0.25) is 0 Å². The molecule has 0 aliphatic heterocycles. The smallest absolute Gasteiger partial charge is 0.480 e. The molecule has 0 N–H and O–H groups in total. The number of pyridine rings is 1. The Morgan fingerprint density at radius 1 is 1.50 bits per heavy atom. The van der Waals surface area contributed by atoms with Crippen LogP contribution in [0.1, 0.15) is 10.4 Å². The Morgan fingerprint density at radius 2 is 2.12 bits per heavy atom. The lowest BCUT2D eigenvalue weighted by Crippen LogP contribution is -2.18. The Morgan fingerprint density at radius 3 is 2.56 bits per heavy atom. The first kappa shape index (κ1) is 13.0. The zero-order valence-corrected chi connectivity index (χ0v) is 10.00. The van der Waals surface area contributed by atoms with E-state index in [0.717, 1.165) is 6.20 Å². The van der Waals surface area contributed by atoms with Crippen molar-refractivity contribution < 1.29 is 27.4 Å². The van der Waals surface area contributed by atoms with Crippen LogP contribution in [-0.4, -0.2) is 24.7 Å². The number of methoxy groups -OCH3 is 1. The number of hydrogen-bond donors (Lipinski definition) is 0. The number of aldehydes is 1. The lowest BCUT2D eigenvalue weighted by molar-refractivity contribution is -0.275. The number of carbonyl (C=O) groups excluding carboxylic acids is 1. The van der Waals surface area contributed by atoms with Crippen LogP contribution in [0.15, 0.2) is 6.20 Å². The Bertz CT molecular complexity index is 408. The quantitative estimate of drug-likeness (QED) is 0.623. The van der Waals surface area contributed by atoms with Gasteiger partial charge in [0, 0.05) is 0 Å². The fourth-order valence-electron chi connectivity index (χ4n) is 0.931. The molecule has 0 aliphatic rings. The summed E-state index contributed by atoms with van der Waals surface area (Å²) in [7, 11) is 1.26. The van der Waals surface area contributed by atoms with Crippen LogP contribution >= 0.6 is 22.6 Å². The molecule has 4 nitrogen and oxygen atoms in total. The van der Waals surface area contributed by atoms with Gasteiger partial charge in [0.25, 0.3) is 0 Å². The van der Waals surface area contributed by atoms with E-state index < -0.39 is 12.1 Å². The van der Waals surface area contributed by atoms with E-state index in [-0.39, 0.29) is 15.0 Å². The third-order valence-electron chi connectivity index (χ3n) is 1.52. The molecule has 1 heterocycles. The van der Waals surface area contributed by atoms with Crippen molar-refractivity contribution in [1.29, 1.82) is 0 Å². The average Bonchev–Trinajstić information content (AvgIpc) is 2.19. The van der Waals surface area contributed by atoms with Crippen LogP contribution in [-0.2, 0) is 0 Å². The Balaban J connectivity index is 3.19. The largest absolute Gasteiger partial charge is 0.573 e. The number of carbonyl (C=O) groups is 1. The maximum Gasteiger partial charge on any atom is 0.573 e. The fraction of sp³-hybridized carbons (Fsp3) is 0.250. The lowest BCUT2D eigenvalue weighted by Gasteiger charge is -2.12. The van der Waals surface area contributed by atoms with E-state index in [9.17, 15) is 18.0 Å². The van der Waals surface area contributed by atoms with Gasteiger partial charge in [0.05, 0.1) is 22.4 Å². The second-order valence-corrected chi connectivity index (χ2v) is 3.60. The van der Waals surface area contributed by atoms with E-state index in [1.54, 1.807) is 22.6 Å². The number of nitrogens with zero attached hydrogens (tertiary/aromatic N) is 1. The van der Waals surface area contributed by atoms with Gasteiger partial charge in [0.15, 0.2) is 12.0 Å². The van der Waals surface area contributed by atoms with Gasteiger partial charge in [0.1, 0.15) is 0 Å². The molecule has 0 amide bonds. The van der Waals surface area contributed by atoms with E-state index >= 15 is 0 Å². The fourth-order valence-corrected chi connectivity index (χ4v) is 1.54. The zero-order chi connectivity index (χ0) is 12.3. The van der Waals surface area contributed by atoms with Crippen molar-refractivity contribution in [2.75, 3.05) is 7.11 Å². The first-order valence-electron chi connectivity index (χ1n) is 3.82. The van der Waals surface area contributed by atoms with Gasteiger partial charge in [-0.2, -0.15) is 0 Å².